The zero-order valence-electron chi connectivity index (χ0n) is 15.6. The van der Waals surface area contributed by atoms with E-state index in [0.29, 0.717) is 44.8 Å². The molecule has 0 atom stereocenters. The fourth-order valence-corrected chi connectivity index (χ4v) is 4.30. The SMILES string of the molecule is COc1cc(/C=C2/SC(=O)N(CC(=O)O)C2=O)cc(Br)c1OCc1ccc(Br)cc1. The van der Waals surface area contributed by atoms with Gasteiger partial charge in [-0.25, -0.2) is 0 Å². The van der Waals surface area contributed by atoms with Crippen LogP contribution in [0.5, 0.6) is 11.5 Å². The fourth-order valence-electron chi connectivity index (χ4n) is 2.62. The number of carbonyl (C=O) groups excluding carboxylic acids is 2. The average Bonchev–Trinajstić information content (AvgIpc) is 2.95. The van der Waals surface area contributed by atoms with Gasteiger partial charge >= 0.3 is 5.97 Å². The molecule has 1 aliphatic heterocycles. The number of halogens is 2. The molecule has 0 aliphatic carbocycles. The van der Waals surface area contributed by atoms with Crippen LogP contribution in [0.3, 0.4) is 0 Å². The molecule has 0 radical (unpaired) electrons. The standard InChI is InChI=1S/C20H15Br2NO6S/c1-28-15-7-12(8-16-19(26)23(9-17(24)25)20(27)30-16)6-14(22)18(15)29-10-11-2-4-13(21)5-3-11/h2-8H,9-10H2,1H3,(H,24,25)/b16-8+. The summed E-state index contributed by atoms with van der Waals surface area (Å²) in [4.78, 5) is 35.9. The van der Waals surface area contributed by atoms with Gasteiger partial charge in [0.1, 0.15) is 13.2 Å². The molecule has 0 aromatic heterocycles. The lowest BCUT2D eigenvalue weighted by atomic mass is 10.1. The van der Waals surface area contributed by atoms with Gasteiger partial charge in [0.15, 0.2) is 11.5 Å². The highest BCUT2D eigenvalue weighted by Crippen LogP contribution is 2.39. The van der Waals surface area contributed by atoms with Gasteiger partial charge in [-0.2, -0.15) is 0 Å². The van der Waals surface area contributed by atoms with Crippen molar-refractivity contribution < 1.29 is 29.0 Å². The second-order valence-electron chi connectivity index (χ2n) is 6.11. The maximum Gasteiger partial charge on any atom is 0.323 e. The molecule has 30 heavy (non-hydrogen) atoms. The van der Waals surface area contributed by atoms with Crippen molar-refractivity contribution in [3.8, 4) is 11.5 Å². The van der Waals surface area contributed by atoms with Crippen molar-refractivity contribution in [2.75, 3.05) is 13.7 Å². The molecule has 1 heterocycles. The summed E-state index contributed by atoms with van der Waals surface area (Å²) < 4.78 is 12.9. The van der Waals surface area contributed by atoms with Gasteiger partial charge in [-0.1, -0.05) is 28.1 Å². The summed E-state index contributed by atoms with van der Waals surface area (Å²) >= 11 is 7.54. The maximum atomic E-state index is 12.3. The van der Waals surface area contributed by atoms with Gasteiger partial charge in [-0.05, 0) is 69.2 Å². The van der Waals surface area contributed by atoms with Crippen molar-refractivity contribution in [2.24, 2.45) is 0 Å². The van der Waals surface area contributed by atoms with Gasteiger partial charge in [0, 0.05) is 4.47 Å². The summed E-state index contributed by atoms with van der Waals surface area (Å²) in [7, 11) is 1.50. The summed E-state index contributed by atoms with van der Waals surface area (Å²) in [5.41, 5.74) is 1.57. The molecule has 1 fully saturated rings. The third-order valence-electron chi connectivity index (χ3n) is 4.01. The highest BCUT2D eigenvalue weighted by Gasteiger charge is 2.36. The highest BCUT2D eigenvalue weighted by atomic mass is 79.9. The van der Waals surface area contributed by atoms with Crippen molar-refractivity contribution in [3.63, 3.8) is 0 Å². The Balaban J connectivity index is 1.82. The zero-order chi connectivity index (χ0) is 21.8. The number of rotatable bonds is 7. The van der Waals surface area contributed by atoms with E-state index in [4.69, 9.17) is 14.6 Å². The lowest BCUT2D eigenvalue weighted by molar-refractivity contribution is -0.140. The largest absolute Gasteiger partial charge is 0.493 e. The predicted molar refractivity (Wildman–Crippen MR) is 119 cm³/mol. The van der Waals surface area contributed by atoms with E-state index in [1.54, 1.807) is 12.1 Å². The predicted octanol–water partition coefficient (Wildman–Crippen LogP) is 4.92. The molecule has 156 valence electrons. The Morgan fingerprint density at radius 1 is 1.20 bits per heavy atom. The van der Waals surface area contributed by atoms with Crippen LogP contribution in [0, 0.1) is 0 Å². The summed E-state index contributed by atoms with van der Waals surface area (Å²) in [6, 6.07) is 11.1. The van der Waals surface area contributed by atoms with Crippen LogP contribution in [0.4, 0.5) is 4.79 Å². The molecular formula is C20H15Br2NO6S. The molecule has 7 nitrogen and oxygen atoms in total. The van der Waals surface area contributed by atoms with E-state index in [-0.39, 0.29) is 4.91 Å². The van der Waals surface area contributed by atoms with Crippen LogP contribution in [0.2, 0.25) is 0 Å². The number of hydrogen-bond donors (Lipinski definition) is 1. The van der Waals surface area contributed by atoms with E-state index in [9.17, 15) is 14.4 Å². The quantitative estimate of drug-likeness (QED) is 0.484. The molecule has 2 aromatic rings. The number of imide groups is 1. The lowest BCUT2D eigenvalue weighted by Crippen LogP contribution is -2.33. The molecule has 1 aliphatic rings. The molecule has 1 saturated heterocycles. The van der Waals surface area contributed by atoms with Crippen LogP contribution >= 0.6 is 43.6 Å². The smallest absolute Gasteiger partial charge is 0.323 e. The number of methoxy groups -OCH3 is 1. The number of ether oxygens (including phenoxy) is 2. The minimum atomic E-state index is -1.25. The Labute approximate surface area is 193 Å². The van der Waals surface area contributed by atoms with Gasteiger partial charge in [0.25, 0.3) is 11.1 Å². The van der Waals surface area contributed by atoms with E-state index >= 15 is 0 Å². The number of hydrogen-bond acceptors (Lipinski definition) is 6. The molecular weight excluding hydrogens is 542 g/mol. The summed E-state index contributed by atoms with van der Waals surface area (Å²) in [5, 5.41) is 8.24. The van der Waals surface area contributed by atoms with Crippen molar-refractivity contribution in [3.05, 3.63) is 61.4 Å². The molecule has 2 aromatic carbocycles. The second kappa shape index (κ2) is 9.67. The van der Waals surface area contributed by atoms with Crippen molar-refractivity contribution >= 4 is 66.8 Å². The number of benzene rings is 2. The third-order valence-corrected chi connectivity index (χ3v) is 6.04. The minimum Gasteiger partial charge on any atom is -0.493 e. The van der Waals surface area contributed by atoms with Gasteiger partial charge in [0.2, 0.25) is 0 Å². The number of nitrogens with zero attached hydrogens (tertiary/aromatic N) is 1. The first-order valence-corrected chi connectivity index (χ1v) is 10.9. The Kier molecular flexibility index (Phi) is 7.22. The lowest BCUT2D eigenvalue weighted by Gasteiger charge is -2.14. The molecule has 0 bridgehead atoms. The summed E-state index contributed by atoms with van der Waals surface area (Å²) in [5.74, 6) is -0.956. The second-order valence-corrected chi connectivity index (χ2v) is 8.87. The maximum absolute atomic E-state index is 12.3. The first-order valence-electron chi connectivity index (χ1n) is 8.50. The number of thioether (sulfide) groups is 1. The Morgan fingerprint density at radius 3 is 2.53 bits per heavy atom. The van der Waals surface area contributed by atoms with Crippen molar-refractivity contribution in [1.29, 1.82) is 0 Å². The monoisotopic (exact) mass is 555 g/mol. The van der Waals surface area contributed by atoms with Crippen LogP contribution < -0.4 is 9.47 Å². The first kappa shape index (κ1) is 22.4. The van der Waals surface area contributed by atoms with E-state index in [2.05, 4.69) is 31.9 Å². The Bertz CT molecular complexity index is 1040. The molecule has 1 N–H and O–H groups in total. The van der Waals surface area contributed by atoms with E-state index in [1.807, 2.05) is 24.3 Å². The van der Waals surface area contributed by atoms with Gasteiger partial charge < -0.3 is 14.6 Å². The molecule has 2 amide bonds. The average molecular weight is 557 g/mol. The normalized spacial score (nSPS) is 15.0. The molecule has 0 spiro atoms. The van der Waals surface area contributed by atoms with Crippen LogP contribution in [0.1, 0.15) is 11.1 Å². The van der Waals surface area contributed by atoms with Crippen molar-refractivity contribution in [2.45, 2.75) is 6.61 Å². The number of carboxylic acid groups (broad SMARTS) is 1. The van der Waals surface area contributed by atoms with Crippen LogP contribution in [0.15, 0.2) is 50.2 Å². The zero-order valence-corrected chi connectivity index (χ0v) is 19.5. The van der Waals surface area contributed by atoms with Gasteiger partial charge in [0.05, 0.1) is 16.5 Å². The summed E-state index contributed by atoms with van der Waals surface area (Å²) in [6.07, 6.45) is 1.51. The third kappa shape index (κ3) is 5.24. The Hall–Kier alpha value is -2.30. The number of carbonyl (C=O) groups is 3. The van der Waals surface area contributed by atoms with Crippen LogP contribution in [-0.4, -0.2) is 40.8 Å². The minimum absolute atomic E-state index is 0.138. The van der Waals surface area contributed by atoms with E-state index in [1.165, 1.54) is 13.2 Å². The van der Waals surface area contributed by atoms with E-state index in [0.717, 1.165) is 10.0 Å². The topological polar surface area (TPSA) is 93.1 Å². The molecule has 3 rings (SSSR count). The van der Waals surface area contributed by atoms with E-state index < -0.39 is 23.7 Å². The Morgan fingerprint density at radius 2 is 1.90 bits per heavy atom. The van der Waals surface area contributed by atoms with Gasteiger partial charge in [-0.15, -0.1) is 0 Å². The fraction of sp³-hybridized carbons (Fsp3) is 0.150. The van der Waals surface area contributed by atoms with Crippen LogP contribution in [-0.2, 0) is 16.2 Å². The molecule has 10 heteroatoms. The number of carboxylic acids is 1. The van der Waals surface area contributed by atoms with Crippen LogP contribution in [0.25, 0.3) is 6.08 Å². The number of aliphatic carboxylic acids is 1. The van der Waals surface area contributed by atoms with Crippen molar-refractivity contribution in [1.82, 2.24) is 4.90 Å². The first-order chi connectivity index (χ1) is 14.3. The number of amides is 2. The summed E-state index contributed by atoms with van der Waals surface area (Å²) in [6.45, 7) is -0.340. The molecule has 0 unspecified atom stereocenters. The van der Waals surface area contributed by atoms with Gasteiger partial charge in [-0.3, -0.25) is 19.3 Å². The highest BCUT2D eigenvalue weighted by molar-refractivity contribution is 9.10. The molecule has 0 saturated carbocycles.